The third-order valence-corrected chi connectivity index (χ3v) is 6.15. The number of carbonyl (C=O) groups excluding carboxylic acids is 3. The highest BCUT2D eigenvalue weighted by atomic mass is 19.1. The van der Waals surface area contributed by atoms with Gasteiger partial charge in [-0.25, -0.2) is 4.39 Å². The van der Waals surface area contributed by atoms with Crippen LogP contribution in [-0.4, -0.2) is 57.3 Å². The standard InChI is InChI=1S/C27H31FN8O4/c1-16-23(38)33-21(15-17-7-3-2-4-8-17)24(39)32-20(22(29)37)9-5-6-14-30-25-34-26(31-16)36-27(35-25)40-19-12-10-18(28)11-13-19/h2-4,7-8,10-13,16,20-21H,5-6,9,14-15H2,1H3,(H2,29,37)(H,32,39)(H,33,38)(H2,30,31,34,35,36)/t16-,20+,21-/m0/s1. The molecule has 210 valence electrons. The van der Waals surface area contributed by atoms with Crippen LogP contribution in [0.5, 0.6) is 11.8 Å². The fraction of sp³-hybridized carbons (Fsp3) is 0.333. The van der Waals surface area contributed by atoms with Crippen molar-refractivity contribution in [3.8, 4) is 11.8 Å². The Labute approximate surface area is 230 Å². The lowest BCUT2D eigenvalue weighted by Gasteiger charge is -2.24. The number of hydrogen-bond acceptors (Lipinski definition) is 9. The number of anilines is 2. The van der Waals surface area contributed by atoms with Crippen LogP contribution in [0, 0.1) is 5.82 Å². The summed E-state index contributed by atoms with van der Waals surface area (Å²) in [6.07, 6.45) is 1.69. The van der Waals surface area contributed by atoms with E-state index in [-0.39, 0.29) is 24.3 Å². The Balaban J connectivity index is 1.59. The van der Waals surface area contributed by atoms with Gasteiger partial charge >= 0.3 is 6.01 Å². The van der Waals surface area contributed by atoms with Crippen molar-refractivity contribution in [2.24, 2.45) is 5.73 Å². The first-order chi connectivity index (χ1) is 19.3. The third-order valence-electron chi connectivity index (χ3n) is 6.15. The largest absolute Gasteiger partial charge is 0.424 e. The molecule has 3 amide bonds. The molecule has 0 unspecified atom stereocenters. The van der Waals surface area contributed by atoms with Gasteiger partial charge in [0, 0.05) is 13.0 Å². The molecule has 1 aromatic heterocycles. The summed E-state index contributed by atoms with van der Waals surface area (Å²) in [5.74, 6) is -1.54. The molecule has 0 saturated carbocycles. The Morgan fingerprint density at radius 2 is 1.68 bits per heavy atom. The van der Waals surface area contributed by atoms with Crippen LogP contribution in [0.4, 0.5) is 16.3 Å². The normalized spacial score (nSPS) is 20.3. The molecule has 12 nitrogen and oxygen atoms in total. The summed E-state index contributed by atoms with van der Waals surface area (Å²) in [6, 6.07) is 11.7. The molecular weight excluding hydrogens is 519 g/mol. The highest BCUT2D eigenvalue weighted by Crippen LogP contribution is 2.21. The van der Waals surface area contributed by atoms with E-state index >= 15 is 0 Å². The topological polar surface area (TPSA) is 173 Å². The van der Waals surface area contributed by atoms with E-state index in [1.165, 1.54) is 24.3 Å². The number of nitrogens with one attached hydrogen (secondary N) is 4. The lowest BCUT2D eigenvalue weighted by molar-refractivity contribution is -0.131. The summed E-state index contributed by atoms with van der Waals surface area (Å²) >= 11 is 0. The van der Waals surface area contributed by atoms with Gasteiger partial charge in [0.25, 0.3) is 0 Å². The minimum Gasteiger partial charge on any atom is -0.424 e. The molecule has 1 aliphatic heterocycles. The molecule has 4 rings (SSSR count). The maximum Gasteiger partial charge on any atom is 0.328 e. The third kappa shape index (κ3) is 8.09. The van der Waals surface area contributed by atoms with Gasteiger partial charge in [0.05, 0.1) is 0 Å². The van der Waals surface area contributed by atoms with E-state index in [4.69, 9.17) is 10.5 Å². The molecule has 2 heterocycles. The van der Waals surface area contributed by atoms with E-state index in [0.29, 0.717) is 31.6 Å². The van der Waals surface area contributed by atoms with Crippen LogP contribution in [0.25, 0.3) is 0 Å². The molecule has 0 saturated heterocycles. The number of halogens is 1. The molecule has 3 aromatic rings. The number of carbonyl (C=O) groups is 3. The number of primary amides is 1. The quantitative estimate of drug-likeness (QED) is 0.318. The van der Waals surface area contributed by atoms with Gasteiger partial charge in [-0.2, -0.15) is 15.0 Å². The zero-order valence-corrected chi connectivity index (χ0v) is 21.9. The molecule has 0 radical (unpaired) electrons. The fourth-order valence-electron chi connectivity index (χ4n) is 4.00. The van der Waals surface area contributed by atoms with Gasteiger partial charge in [-0.1, -0.05) is 30.3 Å². The average molecular weight is 551 g/mol. The van der Waals surface area contributed by atoms with Crippen LogP contribution in [0.3, 0.4) is 0 Å². The number of nitrogens with zero attached hydrogens (tertiary/aromatic N) is 3. The van der Waals surface area contributed by atoms with Gasteiger partial charge in [-0.3, -0.25) is 14.4 Å². The molecule has 3 atom stereocenters. The van der Waals surface area contributed by atoms with Crippen LogP contribution in [0.2, 0.25) is 0 Å². The summed E-state index contributed by atoms with van der Waals surface area (Å²) < 4.78 is 19.0. The van der Waals surface area contributed by atoms with Crippen LogP contribution < -0.4 is 31.7 Å². The number of aromatic nitrogens is 3. The zero-order chi connectivity index (χ0) is 28.5. The monoisotopic (exact) mass is 550 g/mol. The van der Waals surface area contributed by atoms with Crippen LogP contribution >= 0.6 is 0 Å². The molecule has 2 aromatic carbocycles. The first-order valence-electron chi connectivity index (χ1n) is 12.9. The molecule has 0 aliphatic carbocycles. The van der Waals surface area contributed by atoms with E-state index in [2.05, 4.69) is 36.2 Å². The number of benzene rings is 2. The number of hydrogen-bond donors (Lipinski definition) is 5. The van der Waals surface area contributed by atoms with Crippen molar-refractivity contribution >= 4 is 29.6 Å². The van der Waals surface area contributed by atoms with Crippen molar-refractivity contribution in [2.75, 3.05) is 17.2 Å². The fourth-order valence-corrected chi connectivity index (χ4v) is 4.00. The van der Waals surface area contributed by atoms with E-state index in [0.717, 1.165) is 5.56 Å². The molecule has 6 N–H and O–H groups in total. The van der Waals surface area contributed by atoms with Crippen molar-refractivity contribution in [3.63, 3.8) is 0 Å². The smallest absolute Gasteiger partial charge is 0.328 e. The summed E-state index contributed by atoms with van der Waals surface area (Å²) in [4.78, 5) is 51.3. The van der Waals surface area contributed by atoms with Crippen molar-refractivity contribution in [1.29, 1.82) is 0 Å². The summed E-state index contributed by atoms with van der Waals surface area (Å²) in [7, 11) is 0. The second-order valence-electron chi connectivity index (χ2n) is 9.32. The molecule has 0 spiro atoms. The first-order valence-corrected chi connectivity index (χ1v) is 12.9. The molecule has 1 aliphatic rings. The number of amides is 3. The average Bonchev–Trinajstić information content (AvgIpc) is 2.93. The highest BCUT2D eigenvalue weighted by molar-refractivity contribution is 5.93. The molecular formula is C27H31FN8O4. The minimum atomic E-state index is -0.970. The Morgan fingerprint density at radius 3 is 2.40 bits per heavy atom. The molecule has 2 bridgehead atoms. The van der Waals surface area contributed by atoms with Gasteiger partial charge in [-0.15, -0.1) is 0 Å². The summed E-state index contributed by atoms with van der Waals surface area (Å²) in [5.41, 5.74) is 6.38. The van der Waals surface area contributed by atoms with E-state index in [1.54, 1.807) is 6.92 Å². The van der Waals surface area contributed by atoms with Gasteiger partial charge in [0.2, 0.25) is 29.6 Å². The Hall–Kier alpha value is -4.81. The Kier molecular flexibility index (Phi) is 9.39. The van der Waals surface area contributed by atoms with E-state index < -0.39 is 41.7 Å². The van der Waals surface area contributed by atoms with Crippen molar-refractivity contribution < 1.29 is 23.5 Å². The van der Waals surface area contributed by atoms with Gasteiger partial charge in [-0.05, 0) is 56.0 Å². The predicted molar refractivity (Wildman–Crippen MR) is 145 cm³/mol. The minimum absolute atomic E-state index is 0.0576. The zero-order valence-electron chi connectivity index (χ0n) is 21.9. The van der Waals surface area contributed by atoms with Gasteiger partial charge in [0.1, 0.15) is 29.7 Å². The van der Waals surface area contributed by atoms with Gasteiger partial charge in [0.15, 0.2) is 0 Å². The highest BCUT2D eigenvalue weighted by Gasteiger charge is 2.28. The van der Waals surface area contributed by atoms with Crippen LogP contribution in [-0.2, 0) is 20.8 Å². The van der Waals surface area contributed by atoms with Gasteiger partial charge < -0.3 is 31.7 Å². The lowest BCUT2D eigenvalue weighted by atomic mass is 10.0. The van der Waals surface area contributed by atoms with Crippen LogP contribution in [0.1, 0.15) is 31.7 Å². The Bertz CT molecular complexity index is 1330. The van der Waals surface area contributed by atoms with E-state index in [1.807, 2.05) is 30.3 Å². The van der Waals surface area contributed by atoms with Crippen LogP contribution in [0.15, 0.2) is 54.6 Å². The predicted octanol–water partition coefficient (Wildman–Crippen LogP) is 1.90. The second-order valence-corrected chi connectivity index (χ2v) is 9.32. The number of nitrogens with two attached hydrogens (primary N) is 1. The van der Waals surface area contributed by atoms with Crippen molar-refractivity contribution in [2.45, 2.75) is 50.7 Å². The van der Waals surface area contributed by atoms with E-state index in [9.17, 15) is 18.8 Å². The molecule has 40 heavy (non-hydrogen) atoms. The Morgan fingerprint density at radius 1 is 0.950 bits per heavy atom. The second kappa shape index (κ2) is 13.3. The number of fused-ring (bicyclic) bond motifs is 2. The van der Waals surface area contributed by atoms with Crippen molar-refractivity contribution in [1.82, 2.24) is 25.6 Å². The molecule has 13 heteroatoms. The maximum atomic E-state index is 13.3. The summed E-state index contributed by atoms with van der Waals surface area (Å²) in [6.45, 7) is 2.02. The SMILES string of the molecule is C[C@@H]1Nc2nc(nc(Oc3ccc(F)cc3)n2)NCCCC[C@H](C(N)=O)NC(=O)[C@H](Cc2ccccc2)NC1=O. The molecule has 0 fully saturated rings. The first kappa shape index (κ1) is 28.2. The number of ether oxygens (including phenoxy) is 1. The number of rotatable bonds is 5. The lowest BCUT2D eigenvalue weighted by Crippen LogP contribution is -2.55. The maximum absolute atomic E-state index is 13.3. The van der Waals surface area contributed by atoms with Crippen molar-refractivity contribution in [3.05, 3.63) is 66.0 Å². The summed E-state index contributed by atoms with van der Waals surface area (Å²) in [5, 5.41) is 11.4.